The smallest absolute Gasteiger partial charge is 0.185 e. The number of thiazole rings is 1. The molecule has 0 aromatic carbocycles. The van der Waals surface area contributed by atoms with Gasteiger partial charge in [0.15, 0.2) is 5.13 Å². The summed E-state index contributed by atoms with van der Waals surface area (Å²) in [4.78, 5) is 7.86. The van der Waals surface area contributed by atoms with Crippen molar-refractivity contribution in [3.05, 3.63) is 11.1 Å². The van der Waals surface area contributed by atoms with Crippen LogP contribution in [-0.4, -0.2) is 24.6 Å². The van der Waals surface area contributed by atoms with E-state index in [1.165, 1.54) is 4.88 Å². The Balaban J connectivity index is 2.52. The van der Waals surface area contributed by atoms with Crippen molar-refractivity contribution >= 4 is 16.5 Å². The molecule has 0 aliphatic rings. The normalized spacial score (nSPS) is 9.93. The van der Waals surface area contributed by atoms with Gasteiger partial charge in [-0.25, -0.2) is 4.98 Å². The number of rotatable bonds is 6. The molecule has 0 saturated carbocycles. The van der Waals surface area contributed by atoms with Crippen LogP contribution in [0.5, 0.6) is 0 Å². The summed E-state index contributed by atoms with van der Waals surface area (Å²) in [6.07, 6.45) is 7.07. The van der Waals surface area contributed by atoms with E-state index in [-0.39, 0.29) is 0 Å². The van der Waals surface area contributed by atoms with Gasteiger partial charge >= 0.3 is 0 Å². The zero-order valence-corrected chi connectivity index (χ0v) is 10.1. The van der Waals surface area contributed by atoms with Crippen molar-refractivity contribution in [3.8, 4) is 12.3 Å². The van der Waals surface area contributed by atoms with E-state index in [9.17, 15) is 0 Å². The monoisotopic (exact) mass is 223 g/mol. The van der Waals surface area contributed by atoms with Gasteiger partial charge in [0.05, 0.1) is 6.54 Å². The highest BCUT2D eigenvalue weighted by Crippen LogP contribution is 2.21. The third kappa shape index (κ3) is 3.54. The SMILES string of the molecule is C#CCNCc1cnc(N(CC)CC)s1. The van der Waals surface area contributed by atoms with Gasteiger partial charge in [-0.15, -0.1) is 17.8 Å². The number of anilines is 1. The summed E-state index contributed by atoms with van der Waals surface area (Å²) in [6, 6.07) is 0. The molecule has 0 aliphatic carbocycles. The second kappa shape index (κ2) is 6.44. The third-order valence-corrected chi connectivity index (χ3v) is 3.16. The summed E-state index contributed by atoms with van der Waals surface area (Å²) in [7, 11) is 0. The molecule has 0 spiro atoms. The standard InChI is InChI=1S/C11H17N3S/c1-4-7-12-8-10-9-13-11(15-10)14(5-2)6-3/h1,9,12H,5-8H2,2-3H3. The minimum Gasteiger partial charge on any atom is -0.349 e. The Morgan fingerprint density at radius 1 is 1.53 bits per heavy atom. The molecule has 1 aromatic rings. The molecule has 0 amide bonds. The first kappa shape index (κ1) is 12.0. The fourth-order valence-electron chi connectivity index (χ4n) is 1.28. The highest BCUT2D eigenvalue weighted by Gasteiger charge is 2.06. The van der Waals surface area contributed by atoms with Gasteiger partial charge in [0.2, 0.25) is 0 Å². The first-order chi connectivity index (χ1) is 7.31. The van der Waals surface area contributed by atoms with E-state index in [0.717, 1.165) is 24.8 Å². The molecule has 1 rings (SSSR count). The first-order valence-electron chi connectivity index (χ1n) is 5.15. The minimum absolute atomic E-state index is 0.610. The fourth-order valence-corrected chi connectivity index (χ4v) is 2.28. The Hall–Kier alpha value is -1.05. The second-order valence-electron chi connectivity index (χ2n) is 3.09. The number of terminal acetylenes is 1. The maximum absolute atomic E-state index is 5.16. The Morgan fingerprint density at radius 2 is 2.27 bits per heavy atom. The van der Waals surface area contributed by atoms with Crippen LogP contribution in [0.3, 0.4) is 0 Å². The van der Waals surface area contributed by atoms with E-state index in [1.807, 2.05) is 6.20 Å². The zero-order valence-electron chi connectivity index (χ0n) is 9.29. The summed E-state index contributed by atoms with van der Waals surface area (Å²) >= 11 is 1.72. The highest BCUT2D eigenvalue weighted by molar-refractivity contribution is 7.15. The van der Waals surface area contributed by atoms with Crippen LogP contribution in [-0.2, 0) is 6.54 Å². The van der Waals surface area contributed by atoms with Gasteiger partial charge in [-0.2, -0.15) is 0 Å². The van der Waals surface area contributed by atoms with E-state index in [2.05, 4.69) is 35.0 Å². The molecule has 3 nitrogen and oxygen atoms in total. The highest BCUT2D eigenvalue weighted by atomic mass is 32.1. The van der Waals surface area contributed by atoms with Crippen LogP contribution in [0, 0.1) is 12.3 Å². The molecule has 0 aliphatic heterocycles. The first-order valence-corrected chi connectivity index (χ1v) is 5.97. The molecule has 1 aromatic heterocycles. The molecule has 1 N–H and O–H groups in total. The van der Waals surface area contributed by atoms with Crippen molar-refractivity contribution in [3.63, 3.8) is 0 Å². The van der Waals surface area contributed by atoms with Gasteiger partial charge in [0.25, 0.3) is 0 Å². The van der Waals surface area contributed by atoms with E-state index in [4.69, 9.17) is 6.42 Å². The molecule has 0 radical (unpaired) electrons. The van der Waals surface area contributed by atoms with Crippen molar-refractivity contribution in [2.75, 3.05) is 24.5 Å². The number of hydrogen-bond donors (Lipinski definition) is 1. The Labute approximate surface area is 95.5 Å². The molecule has 82 valence electrons. The largest absolute Gasteiger partial charge is 0.349 e. The van der Waals surface area contributed by atoms with Crippen LogP contribution in [0.1, 0.15) is 18.7 Å². The number of nitrogens with zero attached hydrogens (tertiary/aromatic N) is 2. The average molecular weight is 223 g/mol. The molecular weight excluding hydrogens is 206 g/mol. The lowest BCUT2D eigenvalue weighted by Gasteiger charge is -2.16. The lowest BCUT2D eigenvalue weighted by atomic mass is 10.5. The lowest BCUT2D eigenvalue weighted by Crippen LogP contribution is -2.21. The van der Waals surface area contributed by atoms with Crippen LogP contribution in [0.15, 0.2) is 6.20 Å². The topological polar surface area (TPSA) is 28.2 Å². The molecule has 0 atom stereocenters. The van der Waals surface area contributed by atoms with Gasteiger partial charge in [0.1, 0.15) is 0 Å². The second-order valence-corrected chi connectivity index (χ2v) is 4.18. The lowest BCUT2D eigenvalue weighted by molar-refractivity contribution is 0.779. The van der Waals surface area contributed by atoms with Gasteiger partial charge in [-0.05, 0) is 13.8 Å². The summed E-state index contributed by atoms with van der Waals surface area (Å²) in [6.45, 7) is 7.70. The van der Waals surface area contributed by atoms with Crippen LogP contribution in [0.2, 0.25) is 0 Å². The molecule has 0 saturated heterocycles. The Morgan fingerprint density at radius 3 is 2.87 bits per heavy atom. The average Bonchev–Trinajstić information content (AvgIpc) is 2.69. The van der Waals surface area contributed by atoms with Crippen molar-refractivity contribution < 1.29 is 0 Å². The van der Waals surface area contributed by atoms with Crippen LogP contribution in [0.25, 0.3) is 0 Å². The van der Waals surface area contributed by atoms with Gasteiger partial charge in [-0.1, -0.05) is 5.92 Å². The quantitative estimate of drug-likeness (QED) is 0.588. The molecule has 4 heteroatoms. The molecule has 0 unspecified atom stereocenters. The number of nitrogens with one attached hydrogen (secondary N) is 1. The summed E-state index contributed by atoms with van der Waals surface area (Å²) in [5.74, 6) is 2.55. The van der Waals surface area contributed by atoms with Crippen LogP contribution in [0.4, 0.5) is 5.13 Å². The van der Waals surface area contributed by atoms with Crippen LogP contribution < -0.4 is 10.2 Å². The summed E-state index contributed by atoms with van der Waals surface area (Å²) in [5, 5.41) is 4.25. The predicted octanol–water partition coefficient (Wildman–Crippen LogP) is 1.71. The molecule has 1 heterocycles. The molecule has 0 bridgehead atoms. The summed E-state index contributed by atoms with van der Waals surface area (Å²) in [5.41, 5.74) is 0. The Kier molecular flexibility index (Phi) is 5.16. The van der Waals surface area contributed by atoms with Gasteiger partial charge in [-0.3, -0.25) is 0 Å². The van der Waals surface area contributed by atoms with Gasteiger partial charge in [0, 0.05) is 30.7 Å². The summed E-state index contributed by atoms with van der Waals surface area (Å²) < 4.78 is 0. The molecule has 15 heavy (non-hydrogen) atoms. The number of hydrogen-bond acceptors (Lipinski definition) is 4. The van der Waals surface area contributed by atoms with Crippen molar-refractivity contribution in [2.24, 2.45) is 0 Å². The Bertz CT molecular complexity index is 323. The van der Waals surface area contributed by atoms with Crippen molar-refractivity contribution in [1.29, 1.82) is 0 Å². The van der Waals surface area contributed by atoms with Gasteiger partial charge < -0.3 is 10.2 Å². The maximum atomic E-state index is 5.16. The van der Waals surface area contributed by atoms with E-state index < -0.39 is 0 Å². The fraction of sp³-hybridized carbons (Fsp3) is 0.545. The number of aromatic nitrogens is 1. The maximum Gasteiger partial charge on any atom is 0.185 e. The molecule has 0 fully saturated rings. The zero-order chi connectivity index (χ0) is 11.1. The van der Waals surface area contributed by atoms with E-state index in [0.29, 0.717) is 6.54 Å². The minimum atomic E-state index is 0.610. The van der Waals surface area contributed by atoms with Crippen molar-refractivity contribution in [1.82, 2.24) is 10.3 Å². The third-order valence-electron chi connectivity index (χ3n) is 2.10. The van der Waals surface area contributed by atoms with E-state index >= 15 is 0 Å². The van der Waals surface area contributed by atoms with E-state index in [1.54, 1.807) is 11.3 Å². The molecular formula is C11H17N3S. The van der Waals surface area contributed by atoms with Crippen LogP contribution >= 0.6 is 11.3 Å². The van der Waals surface area contributed by atoms with Crippen molar-refractivity contribution in [2.45, 2.75) is 20.4 Å². The predicted molar refractivity (Wildman–Crippen MR) is 66.2 cm³/mol.